The van der Waals surface area contributed by atoms with Gasteiger partial charge in [0.2, 0.25) is 0 Å². The highest BCUT2D eigenvalue weighted by Gasteiger charge is 2.46. The van der Waals surface area contributed by atoms with Gasteiger partial charge < -0.3 is 9.47 Å². The first-order valence-corrected chi connectivity index (χ1v) is 11.7. The standard InChI is InChI=1S/C27H28FN3O3/c28-23-7-9-24(10-8-23)31-20-27(34-26(31)32)11-3-14-30(15-12-27)18-21-4-1-6-25(16-21)33-19-22-5-2-13-29-17-22/h1-2,4-10,13,16-17H,3,11-12,14-15,18-20H2/t27-/m1/s1. The predicted octanol–water partition coefficient (Wildman–Crippen LogP) is 5.18. The van der Waals surface area contributed by atoms with E-state index in [9.17, 15) is 9.18 Å². The van der Waals surface area contributed by atoms with Crippen LogP contribution in [0.25, 0.3) is 0 Å². The Kier molecular flexibility index (Phi) is 6.45. The van der Waals surface area contributed by atoms with E-state index < -0.39 is 5.60 Å². The molecule has 2 saturated heterocycles. The largest absolute Gasteiger partial charge is 0.489 e. The van der Waals surface area contributed by atoms with Crippen LogP contribution in [0.3, 0.4) is 0 Å². The van der Waals surface area contributed by atoms with Gasteiger partial charge in [0.15, 0.2) is 0 Å². The number of benzene rings is 2. The van der Waals surface area contributed by atoms with Gasteiger partial charge in [-0.2, -0.15) is 0 Å². The van der Waals surface area contributed by atoms with Crippen molar-refractivity contribution in [3.05, 3.63) is 90.0 Å². The summed E-state index contributed by atoms with van der Waals surface area (Å²) in [6.07, 6.45) is 5.75. The third kappa shape index (κ3) is 5.20. The van der Waals surface area contributed by atoms with Gasteiger partial charge in [-0.05, 0) is 67.4 Å². The zero-order valence-corrected chi connectivity index (χ0v) is 19.0. The SMILES string of the molecule is O=C1O[C@@]2(CCCN(Cc3cccc(OCc4cccnc4)c3)CC2)CN1c1ccc(F)cc1. The highest BCUT2D eigenvalue weighted by molar-refractivity contribution is 5.90. The molecule has 2 fully saturated rings. The molecule has 0 saturated carbocycles. The van der Waals surface area contributed by atoms with Crippen LogP contribution in [0.5, 0.6) is 5.75 Å². The molecule has 7 heteroatoms. The normalized spacial score (nSPS) is 20.9. The number of anilines is 1. The molecule has 1 spiro atoms. The molecule has 1 amide bonds. The van der Waals surface area contributed by atoms with Crippen molar-refractivity contribution in [2.45, 2.75) is 38.0 Å². The summed E-state index contributed by atoms with van der Waals surface area (Å²) in [6.45, 7) is 3.58. The van der Waals surface area contributed by atoms with E-state index in [2.05, 4.69) is 22.0 Å². The molecule has 176 valence electrons. The lowest BCUT2D eigenvalue weighted by atomic mass is 9.95. The Labute approximate surface area is 198 Å². The van der Waals surface area contributed by atoms with Crippen LogP contribution < -0.4 is 9.64 Å². The maximum absolute atomic E-state index is 13.3. The van der Waals surface area contributed by atoms with Crippen molar-refractivity contribution < 1.29 is 18.7 Å². The smallest absolute Gasteiger partial charge is 0.415 e. The lowest BCUT2D eigenvalue weighted by molar-refractivity contribution is 0.0443. The van der Waals surface area contributed by atoms with Gasteiger partial charge in [-0.3, -0.25) is 14.8 Å². The van der Waals surface area contributed by atoms with E-state index in [-0.39, 0.29) is 11.9 Å². The van der Waals surface area contributed by atoms with Crippen molar-refractivity contribution in [1.29, 1.82) is 0 Å². The minimum Gasteiger partial charge on any atom is -0.489 e. The molecule has 3 aromatic rings. The first kappa shape index (κ1) is 22.3. The Bertz CT molecular complexity index is 1130. The number of nitrogens with zero attached hydrogens (tertiary/aromatic N) is 3. The average molecular weight is 462 g/mol. The monoisotopic (exact) mass is 461 g/mol. The highest BCUT2D eigenvalue weighted by atomic mass is 19.1. The first-order valence-electron chi connectivity index (χ1n) is 11.7. The van der Waals surface area contributed by atoms with E-state index in [1.807, 2.05) is 30.5 Å². The number of aromatic nitrogens is 1. The fraction of sp³-hybridized carbons (Fsp3) is 0.333. The molecule has 0 radical (unpaired) electrons. The summed E-state index contributed by atoms with van der Waals surface area (Å²) in [7, 11) is 0. The van der Waals surface area contributed by atoms with E-state index in [4.69, 9.17) is 9.47 Å². The molecule has 0 unspecified atom stereocenters. The molecule has 6 nitrogen and oxygen atoms in total. The Balaban J connectivity index is 1.18. The number of carbonyl (C=O) groups is 1. The summed E-state index contributed by atoms with van der Waals surface area (Å²) in [5.74, 6) is 0.523. The van der Waals surface area contributed by atoms with Crippen molar-refractivity contribution in [3.63, 3.8) is 0 Å². The van der Waals surface area contributed by atoms with Crippen LogP contribution in [0.4, 0.5) is 14.9 Å². The van der Waals surface area contributed by atoms with Crippen LogP contribution in [-0.2, 0) is 17.9 Å². The van der Waals surface area contributed by atoms with E-state index in [0.717, 1.165) is 50.2 Å². The maximum Gasteiger partial charge on any atom is 0.415 e. The summed E-state index contributed by atoms with van der Waals surface area (Å²) < 4.78 is 25.1. The number of amides is 1. The van der Waals surface area contributed by atoms with Crippen LogP contribution in [0.15, 0.2) is 73.1 Å². The van der Waals surface area contributed by atoms with Crippen LogP contribution in [-0.4, -0.2) is 41.2 Å². The zero-order chi connectivity index (χ0) is 23.4. The average Bonchev–Trinajstić information content (AvgIpc) is 3.06. The zero-order valence-electron chi connectivity index (χ0n) is 19.0. The Hall–Kier alpha value is -3.45. The van der Waals surface area contributed by atoms with Gasteiger partial charge in [0.1, 0.15) is 23.8 Å². The van der Waals surface area contributed by atoms with Crippen LogP contribution in [0.2, 0.25) is 0 Å². The van der Waals surface area contributed by atoms with Gasteiger partial charge in [0.25, 0.3) is 0 Å². The fourth-order valence-electron chi connectivity index (χ4n) is 4.73. The van der Waals surface area contributed by atoms with Gasteiger partial charge in [-0.25, -0.2) is 9.18 Å². The number of pyridine rings is 1. The summed E-state index contributed by atoms with van der Waals surface area (Å²) in [5.41, 5.74) is 2.41. The lowest BCUT2D eigenvalue weighted by Crippen LogP contribution is -2.36. The van der Waals surface area contributed by atoms with Crippen LogP contribution >= 0.6 is 0 Å². The molecule has 1 atom stereocenters. The molecule has 2 aliphatic rings. The number of rotatable bonds is 6. The van der Waals surface area contributed by atoms with Crippen LogP contribution in [0.1, 0.15) is 30.4 Å². The number of hydrogen-bond acceptors (Lipinski definition) is 5. The van der Waals surface area contributed by atoms with E-state index in [0.29, 0.717) is 18.8 Å². The number of likely N-dealkylation sites (tertiary alicyclic amines) is 1. The predicted molar refractivity (Wildman–Crippen MR) is 127 cm³/mol. The van der Waals surface area contributed by atoms with Gasteiger partial charge in [0.05, 0.1) is 6.54 Å². The second-order valence-electron chi connectivity index (χ2n) is 9.04. The van der Waals surface area contributed by atoms with Gasteiger partial charge in [-0.15, -0.1) is 0 Å². The van der Waals surface area contributed by atoms with Crippen molar-refractivity contribution in [2.75, 3.05) is 24.5 Å². The first-order chi connectivity index (χ1) is 16.6. The molecule has 0 bridgehead atoms. The van der Waals surface area contributed by atoms with E-state index in [1.165, 1.54) is 17.7 Å². The van der Waals surface area contributed by atoms with Gasteiger partial charge in [0, 0.05) is 43.2 Å². The molecule has 3 heterocycles. The maximum atomic E-state index is 13.3. The number of hydrogen-bond donors (Lipinski definition) is 0. The van der Waals surface area contributed by atoms with E-state index in [1.54, 1.807) is 23.2 Å². The molecule has 0 N–H and O–H groups in total. The summed E-state index contributed by atoms with van der Waals surface area (Å²) >= 11 is 0. The fourth-order valence-corrected chi connectivity index (χ4v) is 4.73. The quantitative estimate of drug-likeness (QED) is 0.506. The number of carbonyl (C=O) groups excluding carboxylic acids is 1. The van der Waals surface area contributed by atoms with Crippen molar-refractivity contribution in [1.82, 2.24) is 9.88 Å². The molecule has 2 aromatic carbocycles. The Morgan fingerprint density at radius 3 is 2.71 bits per heavy atom. The van der Waals surface area contributed by atoms with Gasteiger partial charge in [-0.1, -0.05) is 18.2 Å². The van der Waals surface area contributed by atoms with Crippen LogP contribution in [0, 0.1) is 5.82 Å². The summed E-state index contributed by atoms with van der Waals surface area (Å²) in [6, 6.07) is 18.1. The van der Waals surface area contributed by atoms with Crippen molar-refractivity contribution in [3.8, 4) is 5.75 Å². The second-order valence-corrected chi connectivity index (χ2v) is 9.04. The number of halogens is 1. The second kappa shape index (κ2) is 9.81. The summed E-state index contributed by atoms with van der Waals surface area (Å²) in [5, 5.41) is 0. The minimum atomic E-state index is -0.491. The molecule has 1 aromatic heterocycles. The Morgan fingerprint density at radius 2 is 1.88 bits per heavy atom. The Morgan fingerprint density at radius 1 is 1.03 bits per heavy atom. The minimum absolute atomic E-state index is 0.317. The topological polar surface area (TPSA) is 54.9 Å². The van der Waals surface area contributed by atoms with Crippen molar-refractivity contribution in [2.24, 2.45) is 0 Å². The van der Waals surface area contributed by atoms with E-state index >= 15 is 0 Å². The molecular weight excluding hydrogens is 433 g/mol. The molecule has 2 aliphatic heterocycles. The third-order valence-electron chi connectivity index (χ3n) is 6.53. The lowest BCUT2D eigenvalue weighted by Gasteiger charge is -2.25. The molecule has 5 rings (SSSR count). The summed E-state index contributed by atoms with van der Waals surface area (Å²) in [4.78, 5) is 20.8. The number of ether oxygens (including phenoxy) is 2. The third-order valence-corrected chi connectivity index (χ3v) is 6.53. The molecule has 0 aliphatic carbocycles. The molecular formula is C27H28FN3O3. The highest BCUT2D eigenvalue weighted by Crippen LogP contribution is 2.36. The molecule has 34 heavy (non-hydrogen) atoms. The van der Waals surface area contributed by atoms with Gasteiger partial charge >= 0.3 is 6.09 Å². The van der Waals surface area contributed by atoms with Crippen molar-refractivity contribution >= 4 is 11.8 Å².